The number of hydrogen-bond donors (Lipinski definition) is 0. The molecule has 0 aliphatic carbocycles. The molecule has 0 aromatic heterocycles. The maximum absolute atomic E-state index is 12.1. The van der Waals surface area contributed by atoms with E-state index in [0.717, 1.165) is 6.42 Å². The van der Waals surface area contributed by atoms with Crippen LogP contribution in [0, 0.1) is 0 Å². The van der Waals surface area contributed by atoms with Crippen molar-refractivity contribution in [3.05, 3.63) is 0 Å². The first kappa shape index (κ1) is 13.6. The van der Waals surface area contributed by atoms with Crippen molar-refractivity contribution >= 4 is 0 Å². The Bertz CT molecular complexity index is 138. The van der Waals surface area contributed by atoms with Gasteiger partial charge in [0.25, 0.3) is 6.36 Å². The molecule has 0 aromatic rings. The molecule has 2 nitrogen and oxygen atoms in total. The quantitative estimate of drug-likeness (QED) is 0.483. The van der Waals surface area contributed by atoms with Crippen LogP contribution in [-0.2, 0) is 9.47 Å². The van der Waals surface area contributed by atoms with Gasteiger partial charge in [-0.3, -0.25) is 0 Å². The zero-order valence-electron chi connectivity index (χ0n) is 7.94. The summed E-state index contributed by atoms with van der Waals surface area (Å²) >= 11 is 0. The van der Waals surface area contributed by atoms with Crippen LogP contribution in [0.15, 0.2) is 0 Å². The Morgan fingerprint density at radius 3 is 2.29 bits per heavy atom. The van der Waals surface area contributed by atoms with E-state index in [2.05, 4.69) is 4.74 Å². The Morgan fingerprint density at radius 2 is 1.79 bits per heavy atom. The summed E-state index contributed by atoms with van der Waals surface area (Å²) in [4.78, 5) is 0. The molecule has 14 heavy (non-hydrogen) atoms. The van der Waals surface area contributed by atoms with Gasteiger partial charge in [-0.1, -0.05) is 6.92 Å². The molecule has 0 heterocycles. The molecule has 0 amide bonds. The summed E-state index contributed by atoms with van der Waals surface area (Å²) in [6.45, 7) is 2.47. The highest BCUT2D eigenvalue weighted by atomic mass is 19.4. The molecule has 0 saturated carbocycles. The predicted molar refractivity (Wildman–Crippen MR) is 42.6 cm³/mol. The van der Waals surface area contributed by atoms with Crippen molar-refractivity contribution in [2.24, 2.45) is 0 Å². The van der Waals surface area contributed by atoms with E-state index in [1.807, 2.05) is 6.92 Å². The van der Waals surface area contributed by atoms with Crippen molar-refractivity contribution in [1.82, 2.24) is 0 Å². The summed E-state index contributed by atoms with van der Waals surface area (Å²) < 4.78 is 55.6. The lowest BCUT2D eigenvalue weighted by Gasteiger charge is -2.12. The second kappa shape index (κ2) is 7.00. The third kappa shape index (κ3) is 7.08. The van der Waals surface area contributed by atoms with E-state index in [-0.39, 0.29) is 13.0 Å². The van der Waals surface area contributed by atoms with Gasteiger partial charge >= 0.3 is 6.18 Å². The zero-order valence-corrected chi connectivity index (χ0v) is 7.94. The number of rotatable bonds is 7. The van der Waals surface area contributed by atoms with Crippen LogP contribution in [0.1, 0.15) is 19.8 Å². The van der Waals surface area contributed by atoms with Crippen molar-refractivity contribution in [2.75, 3.05) is 19.8 Å². The normalized spacial score (nSPS) is 14.4. The molecule has 6 heteroatoms. The van der Waals surface area contributed by atoms with Gasteiger partial charge in [0.05, 0.1) is 6.61 Å². The average Bonchev–Trinajstić information content (AvgIpc) is 2.09. The van der Waals surface area contributed by atoms with Crippen LogP contribution in [0.4, 0.5) is 17.6 Å². The lowest BCUT2D eigenvalue weighted by Crippen LogP contribution is -2.27. The standard InChI is InChI=1S/C8H14F4O2/c1-2-4-13-5-3-6-14-7(9)8(10,11)12/h7H,2-6H2,1H3. The first-order chi connectivity index (χ1) is 6.48. The first-order valence-corrected chi connectivity index (χ1v) is 4.38. The minimum absolute atomic E-state index is 0.260. The molecule has 0 radical (unpaired) electrons. The molecule has 0 aromatic carbocycles. The van der Waals surface area contributed by atoms with E-state index in [9.17, 15) is 17.6 Å². The molecule has 0 saturated heterocycles. The SMILES string of the molecule is CCCOCCCOC(F)C(F)(F)F. The Kier molecular flexibility index (Phi) is 6.82. The molecule has 0 aliphatic rings. The molecule has 0 bridgehead atoms. The van der Waals surface area contributed by atoms with E-state index in [0.29, 0.717) is 13.2 Å². The highest BCUT2D eigenvalue weighted by Crippen LogP contribution is 2.23. The van der Waals surface area contributed by atoms with Gasteiger partial charge in [0.2, 0.25) is 0 Å². The van der Waals surface area contributed by atoms with Crippen LogP contribution in [-0.4, -0.2) is 32.4 Å². The predicted octanol–water partition coefficient (Wildman–Crippen LogP) is 2.68. The van der Waals surface area contributed by atoms with Gasteiger partial charge in [0.1, 0.15) is 0 Å². The van der Waals surface area contributed by atoms with E-state index >= 15 is 0 Å². The number of halogens is 4. The Labute approximate surface area is 80.2 Å². The second-order valence-electron chi connectivity index (χ2n) is 2.69. The summed E-state index contributed by atoms with van der Waals surface area (Å²) in [5.41, 5.74) is 0. The maximum atomic E-state index is 12.1. The number of hydrogen-bond acceptors (Lipinski definition) is 2. The fraction of sp³-hybridized carbons (Fsp3) is 1.00. The van der Waals surface area contributed by atoms with Gasteiger partial charge in [0, 0.05) is 13.2 Å². The average molecular weight is 218 g/mol. The summed E-state index contributed by atoms with van der Waals surface area (Å²) in [6, 6.07) is 0. The van der Waals surface area contributed by atoms with Crippen LogP contribution >= 0.6 is 0 Å². The molecule has 1 unspecified atom stereocenters. The zero-order chi connectivity index (χ0) is 11.0. The summed E-state index contributed by atoms with van der Waals surface area (Å²) in [5, 5.41) is 0. The van der Waals surface area contributed by atoms with Gasteiger partial charge in [-0.25, -0.2) is 4.39 Å². The van der Waals surface area contributed by atoms with Crippen LogP contribution in [0.5, 0.6) is 0 Å². The Balaban J connectivity index is 3.28. The van der Waals surface area contributed by atoms with Crippen molar-refractivity contribution in [3.8, 4) is 0 Å². The molecule has 1 atom stereocenters. The monoisotopic (exact) mass is 218 g/mol. The number of alkyl halides is 4. The minimum atomic E-state index is -4.93. The van der Waals surface area contributed by atoms with Crippen LogP contribution in [0.25, 0.3) is 0 Å². The largest absolute Gasteiger partial charge is 0.445 e. The number of ether oxygens (including phenoxy) is 2. The molecular weight excluding hydrogens is 204 g/mol. The van der Waals surface area contributed by atoms with Gasteiger partial charge in [-0.15, -0.1) is 0 Å². The molecular formula is C8H14F4O2. The maximum Gasteiger partial charge on any atom is 0.445 e. The Morgan fingerprint density at radius 1 is 1.14 bits per heavy atom. The molecule has 0 rings (SSSR count). The van der Waals surface area contributed by atoms with Crippen LogP contribution < -0.4 is 0 Å². The van der Waals surface area contributed by atoms with Gasteiger partial charge in [-0.05, 0) is 12.8 Å². The molecule has 0 spiro atoms. The highest BCUT2D eigenvalue weighted by Gasteiger charge is 2.41. The summed E-state index contributed by atoms with van der Waals surface area (Å²) in [6.07, 6.45) is -7.01. The highest BCUT2D eigenvalue weighted by molar-refractivity contribution is 4.53. The van der Waals surface area contributed by atoms with E-state index in [1.165, 1.54) is 0 Å². The first-order valence-electron chi connectivity index (χ1n) is 4.38. The molecule has 86 valence electrons. The van der Waals surface area contributed by atoms with E-state index in [1.54, 1.807) is 0 Å². The smallest absolute Gasteiger partial charge is 0.381 e. The molecule has 0 fully saturated rings. The van der Waals surface area contributed by atoms with Crippen molar-refractivity contribution < 1.29 is 27.0 Å². The lowest BCUT2D eigenvalue weighted by atomic mass is 10.5. The minimum Gasteiger partial charge on any atom is -0.381 e. The summed E-state index contributed by atoms with van der Waals surface area (Å²) in [5.74, 6) is 0. The van der Waals surface area contributed by atoms with Gasteiger partial charge in [-0.2, -0.15) is 13.2 Å². The fourth-order valence-electron chi connectivity index (χ4n) is 0.689. The van der Waals surface area contributed by atoms with Crippen LogP contribution in [0.3, 0.4) is 0 Å². The third-order valence-electron chi connectivity index (χ3n) is 1.30. The lowest BCUT2D eigenvalue weighted by molar-refractivity contribution is -0.265. The topological polar surface area (TPSA) is 18.5 Å². The van der Waals surface area contributed by atoms with Crippen molar-refractivity contribution in [3.63, 3.8) is 0 Å². The van der Waals surface area contributed by atoms with Crippen LogP contribution in [0.2, 0.25) is 0 Å². The molecule has 0 aliphatic heterocycles. The van der Waals surface area contributed by atoms with Gasteiger partial charge < -0.3 is 9.47 Å². The second-order valence-corrected chi connectivity index (χ2v) is 2.69. The molecule has 0 N–H and O–H groups in total. The fourth-order valence-corrected chi connectivity index (χ4v) is 0.689. The van der Waals surface area contributed by atoms with E-state index in [4.69, 9.17) is 4.74 Å². The van der Waals surface area contributed by atoms with Crippen molar-refractivity contribution in [2.45, 2.75) is 32.3 Å². The Hall–Kier alpha value is -0.360. The van der Waals surface area contributed by atoms with Gasteiger partial charge in [0.15, 0.2) is 0 Å². The van der Waals surface area contributed by atoms with E-state index < -0.39 is 12.5 Å². The third-order valence-corrected chi connectivity index (χ3v) is 1.30. The van der Waals surface area contributed by atoms with Crippen molar-refractivity contribution in [1.29, 1.82) is 0 Å². The summed E-state index contributed by atoms with van der Waals surface area (Å²) in [7, 11) is 0.